The van der Waals surface area contributed by atoms with E-state index in [1.807, 2.05) is 6.07 Å². The molecule has 0 unspecified atom stereocenters. The van der Waals surface area contributed by atoms with Crippen molar-refractivity contribution in [3.05, 3.63) is 34.9 Å². The smallest absolute Gasteiger partial charge is 0.280 e. The van der Waals surface area contributed by atoms with E-state index in [0.29, 0.717) is 29.8 Å². The second-order valence-corrected chi connectivity index (χ2v) is 4.20. The second-order valence-electron chi connectivity index (χ2n) is 4.20. The van der Waals surface area contributed by atoms with E-state index in [4.69, 9.17) is 4.74 Å². The third kappa shape index (κ3) is 1.97. The van der Waals surface area contributed by atoms with Gasteiger partial charge in [0.05, 0.1) is 6.20 Å². The van der Waals surface area contributed by atoms with Crippen LogP contribution in [0.15, 0.2) is 29.3 Å². The maximum absolute atomic E-state index is 12.3. The summed E-state index contributed by atoms with van der Waals surface area (Å²) < 4.78 is 8.21. The monoisotopic (exact) mass is 259 g/mol. The zero-order valence-corrected chi connectivity index (χ0v) is 10.5. The van der Waals surface area contributed by atoms with Crippen LogP contribution in [0.2, 0.25) is 0 Å². The minimum atomic E-state index is -0.154. The highest BCUT2D eigenvalue weighted by atomic mass is 16.5. The Bertz CT molecular complexity index is 776. The molecular formula is C12H13N5O2. The van der Waals surface area contributed by atoms with Crippen molar-refractivity contribution in [2.24, 2.45) is 0 Å². The number of hydrogen-bond donors (Lipinski definition) is 0. The van der Waals surface area contributed by atoms with Crippen molar-refractivity contribution in [3.63, 3.8) is 0 Å². The summed E-state index contributed by atoms with van der Waals surface area (Å²) in [7, 11) is 1.64. The normalized spacial score (nSPS) is 11.4. The predicted molar refractivity (Wildman–Crippen MR) is 69.0 cm³/mol. The van der Waals surface area contributed by atoms with E-state index in [1.54, 1.807) is 34.7 Å². The molecule has 0 spiro atoms. The summed E-state index contributed by atoms with van der Waals surface area (Å²) in [5.74, 6) is 0. The Morgan fingerprint density at radius 2 is 2.21 bits per heavy atom. The Labute approximate surface area is 108 Å². The van der Waals surface area contributed by atoms with Crippen LogP contribution in [-0.4, -0.2) is 38.1 Å². The van der Waals surface area contributed by atoms with Gasteiger partial charge in [0.15, 0.2) is 11.2 Å². The molecule has 0 aromatic carbocycles. The van der Waals surface area contributed by atoms with E-state index in [2.05, 4.69) is 15.3 Å². The lowest BCUT2D eigenvalue weighted by Crippen LogP contribution is -2.22. The molecular weight excluding hydrogens is 246 g/mol. The van der Waals surface area contributed by atoms with Crippen molar-refractivity contribution >= 4 is 16.7 Å². The molecule has 98 valence electrons. The molecule has 0 aliphatic rings. The van der Waals surface area contributed by atoms with E-state index < -0.39 is 0 Å². The molecule has 0 aliphatic heterocycles. The highest BCUT2D eigenvalue weighted by Gasteiger charge is 2.08. The van der Waals surface area contributed by atoms with Crippen LogP contribution in [0.1, 0.15) is 6.42 Å². The summed E-state index contributed by atoms with van der Waals surface area (Å²) in [4.78, 5) is 12.3. The summed E-state index contributed by atoms with van der Waals surface area (Å²) in [5, 5.41) is 12.1. The number of rotatable bonds is 4. The summed E-state index contributed by atoms with van der Waals surface area (Å²) in [6, 6.07) is 3.58. The van der Waals surface area contributed by atoms with E-state index in [0.717, 1.165) is 6.42 Å². The van der Waals surface area contributed by atoms with Gasteiger partial charge in [-0.3, -0.25) is 4.79 Å². The molecule has 3 rings (SSSR count). The molecule has 3 aromatic heterocycles. The van der Waals surface area contributed by atoms with Crippen molar-refractivity contribution in [1.29, 1.82) is 0 Å². The Hall–Kier alpha value is -2.28. The molecule has 7 nitrogen and oxygen atoms in total. The highest BCUT2D eigenvalue weighted by molar-refractivity contribution is 5.74. The molecule has 3 heterocycles. The van der Waals surface area contributed by atoms with Crippen LogP contribution in [-0.2, 0) is 11.3 Å². The number of nitrogens with zero attached hydrogens (tertiary/aromatic N) is 5. The zero-order chi connectivity index (χ0) is 13.2. The summed E-state index contributed by atoms with van der Waals surface area (Å²) in [5.41, 5.74) is 1.47. The van der Waals surface area contributed by atoms with Crippen molar-refractivity contribution in [2.75, 3.05) is 13.7 Å². The van der Waals surface area contributed by atoms with Crippen LogP contribution in [0.5, 0.6) is 0 Å². The maximum Gasteiger partial charge on any atom is 0.280 e. The molecule has 0 N–H and O–H groups in total. The van der Waals surface area contributed by atoms with Crippen molar-refractivity contribution in [3.8, 4) is 0 Å². The van der Waals surface area contributed by atoms with Crippen molar-refractivity contribution < 1.29 is 4.74 Å². The zero-order valence-electron chi connectivity index (χ0n) is 10.5. The van der Waals surface area contributed by atoms with Crippen LogP contribution in [0, 0.1) is 0 Å². The van der Waals surface area contributed by atoms with Gasteiger partial charge in [0.1, 0.15) is 5.52 Å². The fourth-order valence-electron chi connectivity index (χ4n) is 2.03. The van der Waals surface area contributed by atoms with Gasteiger partial charge in [-0.1, -0.05) is 0 Å². The second kappa shape index (κ2) is 4.77. The lowest BCUT2D eigenvalue weighted by molar-refractivity contribution is 0.190. The fourth-order valence-corrected chi connectivity index (χ4v) is 2.03. The molecule has 0 saturated carbocycles. The van der Waals surface area contributed by atoms with Gasteiger partial charge in [-0.05, 0) is 12.5 Å². The minimum Gasteiger partial charge on any atom is -0.385 e. The van der Waals surface area contributed by atoms with Crippen LogP contribution in [0.25, 0.3) is 16.7 Å². The van der Waals surface area contributed by atoms with Gasteiger partial charge in [-0.25, -0.2) is 4.52 Å². The van der Waals surface area contributed by atoms with Crippen molar-refractivity contribution in [1.82, 2.24) is 24.4 Å². The van der Waals surface area contributed by atoms with Gasteiger partial charge in [-0.15, -0.1) is 10.2 Å². The molecule has 0 aliphatic carbocycles. The van der Waals surface area contributed by atoms with Gasteiger partial charge >= 0.3 is 0 Å². The first-order valence-corrected chi connectivity index (χ1v) is 6.00. The molecule has 0 bridgehead atoms. The molecule has 7 heteroatoms. The highest BCUT2D eigenvalue weighted by Crippen LogP contribution is 2.07. The summed E-state index contributed by atoms with van der Waals surface area (Å²) in [6.45, 7) is 1.22. The number of pyridine rings is 1. The SMILES string of the molecule is COCCCn1ccc2c(nnc3ccnn32)c1=O. The molecule has 0 fully saturated rings. The third-order valence-electron chi connectivity index (χ3n) is 2.97. The first-order valence-electron chi connectivity index (χ1n) is 6.00. The van der Waals surface area contributed by atoms with Crippen LogP contribution < -0.4 is 5.56 Å². The van der Waals surface area contributed by atoms with E-state index >= 15 is 0 Å². The van der Waals surface area contributed by atoms with E-state index in [-0.39, 0.29) is 5.56 Å². The van der Waals surface area contributed by atoms with Crippen molar-refractivity contribution in [2.45, 2.75) is 13.0 Å². The van der Waals surface area contributed by atoms with E-state index in [1.165, 1.54) is 0 Å². The average molecular weight is 259 g/mol. The van der Waals surface area contributed by atoms with Gasteiger partial charge in [-0.2, -0.15) is 5.10 Å². The van der Waals surface area contributed by atoms with Gasteiger partial charge in [0.2, 0.25) is 0 Å². The topological polar surface area (TPSA) is 74.3 Å². The third-order valence-corrected chi connectivity index (χ3v) is 2.97. The first kappa shape index (κ1) is 11.8. The lowest BCUT2D eigenvalue weighted by atomic mass is 10.3. The van der Waals surface area contributed by atoms with Crippen LogP contribution in [0.3, 0.4) is 0 Å². The predicted octanol–water partition coefficient (Wildman–Crippen LogP) is 0.476. The largest absolute Gasteiger partial charge is 0.385 e. The molecule has 19 heavy (non-hydrogen) atoms. The molecule has 0 saturated heterocycles. The summed E-state index contributed by atoms with van der Waals surface area (Å²) >= 11 is 0. The number of fused-ring (bicyclic) bond motifs is 3. The Morgan fingerprint density at radius 1 is 1.32 bits per heavy atom. The molecule has 3 aromatic rings. The Balaban J connectivity index is 2.11. The number of aryl methyl sites for hydroxylation is 1. The minimum absolute atomic E-state index is 0.154. The lowest BCUT2D eigenvalue weighted by Gasteiger charge is -2.06. The fraction of sp³-hybridized carbons (Fsp3) is 0.333. The standard InChI is InChI=1S/C12H13N5O2/c1-19-8-2-6-16-7-4-9-11(12(16)18)15-14-10-3-5-13-17(9)10/h3-5,7H,2,6,8H2,1H3. The van der Waals surface area contributed by atoms with Crippen LogP contribution >= 0.6 is 0 Å². The van der Waals surface area contributed by atoms with Gasteiger partial charge in [0, 0.05) is 32.5 Å². The van der Waals surface area contributed by atoms with Crippen LogP contribution in [0.4, 0.5) is 0 Å². The number of methoxy groups -OCH3 is 1. The Morgan fingerprint density at radius 3 is 3.05 bits per heavy atom. The molecule has 0 amide bonds. The van der Waals surface area contributed by atoms with Gasteiger partial charge < -0.3 is 9.30 Å². The quantitative estimate of drug-likeness (QED) is 0.637. The molecule has 0 radical (unpaired) electrons. The Kier molecular flexibility index (Phi) is 2.96. The number of ether oxygens (including phenoxy) is 1. The molecule has 0 atom stereocenters. The van der Waals surface area contributed by atoms with E-state index in [9.17, 15) is 4.79 Å². The number of hydrogen-bond acceptors (Lipinski definition) is 5. The number of aromatic nitrogens is 5. The average Bonchev–Trinajstić information content (AvgIpc) is 2.90. The summed E-state index contributed by atoms with van der Waals surface area (Å²) in [6.07, 6.45) is 4.16. The maximum atomic E-state index is 12.3. The first-order chi connectivity index (χ1) is 9.31. The van der Waals surface area contributed by atoms with Gasteiger partial charge in [0.25, 0.3) is 5.56 Å².